The summed E-state index contributed by atoms with van der Waals surface area (Å²) in [7, 11) is 2.90. The molecule has 1 atom stereocenters. The Bertz CT molecular complexity index is 109. The second-order valence-electron chi connectivity index (χ2n) is 1.98. The third-order valence-corrected chi connectivity index (χ3v) is 1.29. The molecule has 0 spiro atoms. The Balaban J connectivity index is 0. The van der Waals surface area contributed by atoms with Gasteiger partial charge in [0.1, 0.15) is 0 Å². The molecule has 0 aliphatic rings. The molecule has 0 aliphatic carbocycles. The minimum Gasteiger partial charge on any atom is -0.667 e. The Kier molecular flexibility index (Phi) is 10.5. The van der Waals surface area contributed by atoms with Gasteiger partial charge < -0.3 is 5.73 Å². The number of nitrogens with one attached hydrogen (secondary N) is 1. The minimum absolute atomic E-state index is 0. The maximum Gasteiger partial charge on any atom is 1.00 e. The second kappa shape index (κ2) is 7.82. The molecular weight excluding hydrogens is 218 g/mol. The number of hydrogen-bond acceptors (Lipinski definition) is 2. The number of amides is 1. The van der Waals surface area contributed by atoms with E-state index in [1.54, 1.807) is 6.92 Å². The maximum atomic E-state index is 10.9. The van der Waals surface area contributed by atoms with Gasteiger partial charge in [-0.05, 0) is 0 Å². The van der Waals surface area contributed by atoms with Crippen LogP contribution in [-0.2, 0) is 9.63 Å². The van der Waals surface area contributed by atoms with Crippen LogP contribution in [0.15, 0.2) is 0 Å². The first-order valence-electron chi connectivity index (χ1n) is 3.16. The zero-order valence-corrected chi connectivity index (χ0v) is 12.5. The van der Waals surface area contributed by atoms with Crippen LogP contribution in [0, 0.1) is 0 Å². The van der Waals surface area contributed by atoms with E-state index in [1.165, 1.54) is 14.2 Å². The van der Waals surface area contributed by atoms with Gasteiger partial charge in [-0.3, -0.25) is 9.63 Å². The summed E-state index contributed by atoms with van der Waals surface area (Å²) in [6, 6.07) is -0.690. The molecule has 0 bridgehead atoms. The van der Waals surface area contributed by atoms with Crippen LogP contribution in [0.25, 0.3) is 5.73 Å². The summed E-state index contributed by atoms with van der Waals surface area (Å²) in [5, 5.41) is 1.07. The fraction of sp³-hybridized carbons (Fsp3) is 0.833. The predicted molar refractivity (Wildman–Crippen MR) is 38.2 cm³/mol. The molecular formula is C6H13N2O2Rb. The number of hydroxylamine groups is 2. The second-order valence-corrected chi connectivity index (χ2v) is 1.98. The zero-order valence-electron chi connectivity index (χ0n) is 7.55. The normalized spacial score (nSPS) is 11.6. The molecule has 1 N–H and O–H groups in total. The van der Waals surface area contributed by atoms with Crippen LogP contribution in [0.4, 0.5) is 0 Å². The summed E-state index contributed by atoms with van der Waals surface area (Å²) in [5.41, 5.74) is 7.19. The molecule has 0 radical (unpaired) electrons. The van der Waals surface area contributed by atoms with Gasteiger partial charge in [-0.2, -0.15) is 0 Å². The van der Waals surface area contributed by atoms with Crippen LogP contribution in [0.2, 0.25) is 0 Å². The molecule has 0 aromatic carbocycles. The van der Waals surface area contributed by atoms with Crippen molar-refractivity contribution in [3.8, 4) is 0 Å². The molecule has 0 aliphatic heterocycles. The fourth-order valence-corrected chi connectivity index (χ4v) is 0.484. The van der Waals surface area contributed by atoms with Crippen molar-refractivity contribution in [2.45, 2.75) is 19.4 Å². The molecule has 0 aromatic heterocycles. The molecule has 1 amide bonds. The molecule has 0 aromatic rings. The van der Waals surface area contributed by atoms with E-state index in [-0.39, 0.29) is 64.1 Å². The Morgan fingerprint density at radius 2 is 2.18 bits per heavy atom. The summed E-state index contributed by atoms with van der Waals surface area (Å²) in [4.78, 5) is 15.5. The van der Waals surface area contributed by atoms with Gasteiger partial charge in [-0.25, -0.2) is 5.06 Å². The number of hydrogen-bond donors (Lipinski definition) is 0. The van der Waals surface area contributed by atoms with Gasteiger partial charge in [-0.15, -0.1) is 0 Å². The topological polar surface area (TPSA) is 53.3 Å². The molecule has 0 heterocycles. The van der Waals surface area contributed by atoms with Crippen LogP contribution < -0.4 is 58.2 Å². The molecule has 4 nitrogen and oxygen atoms in total. The first kappa shape index (κ1) is 14.7. The van der Waals surface area contributed by atoms with Gasteiger partial charge in [0.15, 0.2) is 0 Å². The van der Waals surface area contributed by atoms with E-state index in [0.29, 0.717) is 6.42 Å². The van der Waals surface area contributed by atoms with Crippen LogP contribution >= 0.6 is 0 Å². The van der Waals surface area contributed by atoms with E-state index < -0.39 is 6.04 Å². The third-order valence-electron chi connectivity index (χ3n) is 1.29. The van der Waals surface area contributed by atoms with E-state index in [2.05, 4.69) is 4.84 Å². The Morgan fingerprint density at radius 1 is 1.73 bits per heavy atom. The van der Waals surface area contributed by atoms with Gasteiger partial charge in [0.2, 0.25) is 5.91 Å². The van der Waals surface area contributed by atoms with Crippen molar-refractivity contribution in [3.63, 3.8) is 0 Å². The number of carbonyl (C=O) groups excluding carboxylic acids is 1. The molecule has 0 saturated carbocycles. The van der Waals surface area contributed by atoms with Crippen molar-refractivity contribution >= 4 is 5.91 Å². The van der Waals surface area contributed by atoms with E-state index in [4.69, 9.17) is 5.73 Å². The van der Waals surface area contributed by atoms with Crippen LogP contribution in [0.5, 0.6) is 0 Å². The van der Waals surface area contributed by atoms with Gasteiger partial charge in [0, 0.05) is 7.05 Å². The summed E-state index contributed by atoms with van der Waals surface area (Å²) in [6.45, 7) is 1.79. The Labute approximate surface area is 116 Å². The smallest absolute Gasteiger partial charge is 0.667 e. The standard InChI is InChI=1S/C6H13N2O2.Rb/c1-4-5(7)6(9)8(2)10-3;/h5,7H,4H2,1-3H3;/q-1;+1. The molecule has 60 valence electrons. The largest absolute Gasteiger partial charge is 1.00 e. The average Bonchev–Trinajstić information content (AvgIpc) is 2.00. The van der Waals surface area contributed by atoms with Crippen molar-refractivity contribution in [1.82, 2.24) is 5.06 Å². The summed E-state index contributed by atoms with van der Waals surface area (Å²) in [6.07, 6.45) is 0.520. The number of likely N-dealkylation sites (N-methyl/N-ethyl adjacent to an activating group) is 1. The van der Waals surface area contributed by atoms with Crippen LogP contribution in [-0.4, -0.2) is 31.2 Å². The Morgan fingerprint density at radius 3 is 2.45 bits per heavy atom. The fourth-order valence-electron chi connectivity index (χ4n) is 0.484. The van der Waals surface area contributed by atoms with Gasteiger partial charge in [0.05, 0.1) is 7.11 Å². The van der Waals surface area contributed by atoms with Crippen molar-refractivity contribution in [2.75, 3.05) is 14.2 Å². The van der Waals surface area contributed by atoms with Gasteiger partial charge in [-0.1, -0.05) is 19.4 Å². The molecule has 11 heavy (non-hydrogen) atoms. The number of carbonyl (C=O) groups is 1. The molecule has 0 rings (SSSR count). The van der Waals surface area contributed by atoms with E-state index >= 15 is 0 Å². The monoisotopic (exact) mass is 230 g/mol. The summed E-state index contributed by atoms with van der Waals surface area (Å²) < 4.78 is 0. The first-order chi connectivity index (χ1) is 4.63. The van der Waals surface area contributed by atoms with Crippen LogP contribution in [0.1, 0.15) is 13.3 Å². The van der Waals surface area contributed by atoms with Crippen molar-refractivity contribution in [1.29, 1.82) is 0 Å². The Hall–Kier alpha value is 1.20. The SMILES string of the molecule is CCC([NH-])C(=O)N(C)OC.[Rb+]. The van der Waals surface area contributed by atoms with Crippen molar-refractivity contribution < 1.29 is 67.8 Å². The maximum absolute atomic E-state index is 10.9. The zero-order chi connectivity index (χ0) is 8.15. The molecule has 0 fully saturated rings. The quantitative estimate of drug-likeness (QED) is 0.519. The third kappa shape index (κ3) is 5.44. The van der Waals surface area contributed by atoms with E-state index in [1.807, 2.05) is 0 Å². The number of rotatable bonds is 3. The first-order valence-corrected chi connectivity index (χ1v) is 3.16. The number of nitrogens with zero attached hydrogens (tertiary/aromatic N) is 1. The van der Waals surface area contributed by atoms with Gasteiger partial charge >= 0.3 is 58.2 Å². The van der Waals surface area contributed by atoms with Crippen LogP contribution in [0.3, 0.4) is 0 Å². The summed E-state index contributed by atoms with van der Waals surface area (Å²) in [5.74, 6) is -0.301. The van der Waals surface area contributed by atoms with Gasteiger partial charge in [0.25, 0.3) is 0 Å². The van der Waals surface area contributed by atoms with Crippen molar-refractivity contribution in [3.05, 3.63) is 5.73 Å². The molecule has 1 unspecified atom stereocenters. The average molecular weight is 231 g/mol. The minimum atomic E-state index is -0.690. The van der Waals surface area contributed by atoms with E-state index in [0.717, 1.165) is 5.06 Å². The summed E-state index contributed by atoms with van der Waals surface area (Å²) >= 11 is 0. The molecule has 5 heteroatoms. The van der Waals surface area contributed by atoms with Crippen molar-refractivity contribution in [2.24, 2.45) is 0 Å². The predicted octanol–water partition coefficient (Wildman–Crippen LogP) is -2.16. The molecule has 0 saturated heterocycles. The van der Waals surface area contributed by atoms with E-state index in [9.17, 15) is 4.79 Å².